The summed E-state index contributed by atoms with van der Waals surface area (Å²) < 4.78 is 3.96. The highest BCUT2D eigenvalue weighted by Crippen LogP contribution is 2.25. The molecule has 4 aromatic heterocycles. The predicted molar refractivity (Wildman–Crippen MR) is 82.7 cm³/mol. The normalized spacial score (nSPS) is 11.8. The van der Waals surface area contributed by atoms with E-state index < -0.39 is 0 Å². The number of nitrogens with zero attached hydrogens (tertiary/aromatic N) is 5. The number of H-pyrrole nitrogens is 1. The highest BCUT2D eigenvalue weighted by Gasteiger charge is 2.15. The lowest BCUT2D eigenvalue weighted by Crippen LogP contribution is -2.02. The molecular formula is C14H14N6S. The number of rotatable bonds is 3. The van der Waals surface area contributed by atoms with Crippen LogP contribution in [0.1, 0.15) is 19.9 Å². The van der Waals surface area contributed by atoms with Gasteiger partial charge in [-0.25, -0.2) is 14.6 Å². The van der Waals surface area contributed by atoms with Crippen LogP contribution in [0.2, 0.25) is 0 Å². The molecule has 0 bridgehead atoms. The number of hydrogen-bond acceptors (Lipinski definition) is 4. The summed E-state index contributed by atoms with van der Waals surface area (Å²) in [7, 11) is 0. The average Bonchev–Trinajstić information content (AvgIpc) is 3.21. The van der Waals surface area contributed by atoms with Gasteiger partial charge in [-0.2, -0.15) is 5.10 Å². The molecule has 106 valence electrons. The Morgan fingerprint density at radius 2 is 2.24 bits per heavy atom. The minimum Gasteiger partial charge on any atom is -0.334 e. The Hall–Kier alpha value is -2.41. The van der Waals surface area contributed by atoms with Gasteiger partial charge in [0.2, 0.25) is 0 Å². The lowest BCUT2D eigenvalue weighted by Gasteiger charge is -2.04. The molecule has 4 heterocycles. The second kappa shape index (κ2) is 4.56. The third-order valence-corrected chi connectivity index (χ3v) is 4.12. The molecule has 0 aliphatic heterocycles. The minimum absolute atomic E-state index is 0.282. The van der Waals surface area contributed by atoms with Gasteiger partial charge >= 0.3 is 0 Å². The van der Waals surface area contributed by atoms with E-state index in [9.17, 15) is 0 Å². The first-order valence-corrected chi connectivity index (χ1v) is 7.63. The quantitative estimate of drug-likeness (QED) is 0.631. The molecule has 0 radical (unpaired) electrons. The second-order valence-corrected chi connectivity index (χ2v) is 5.96. The summed E-state index contributed by atoms with van der Waals surface area (Å²) in [4.78, 5) is 12.4. The molecule has 21 heavy (non-hydrogen) atoms. The van der Waals surface area contributed by atoms with E-state index in [-0.39, 0.29) is 6.04 Å². The van der Waals surface area contributed by atoms with Crippen LogP contribution in [0.15, 0.2) is 36.1 Å². The Morgan fingerprint density at radius 3 is 3.00 bits per heavy atom. The van der Waals surface area contributed by atoms with Gasteiger partial charge in [-0.1, -0.05) is 0 Å². The summed E-state index contributed by atoms with van der Waals surface area (Å²) in [6, 6.07) is 4.31. The van der Waals surface area contributed by atoms with Crippen LogP contribution in [0, 0.1) is 0 Å². The maximum atomic E-state index is 4.71. The minimum atomic E-state index is 0.282. The highest BCUT2D eigenvalue weighted by atomic mass is 32.1. The topological polar surface area (TPSA) is 64.3 Å². The number of imidazole rings is 1. The molecule has 0 unspecified atom stereocenters. The maximum absolute atomic E-state index is 4.71. The van der Waals surface area contributed by atoms with Crippen LogP contribution in [0.4, 0.5) is 0 Å². The zero-order chi connectivity index (χ0) is 14.4. The van der Waals surface area contributed by atoms with Gasteiger partial charge in [-0.15, -0.1) is 11.3 Å². The molecule has 4 aromatic rings. The lowest BCUT2D eigenvalue weighted by molar-refractivity contribution is 0.547. The second-order valence-electron chi connectivity index (χ2n) is 5.08. The van der Waals surface area contributed by atoms with Crippen molar-refractivity contribution in [2.75, 3.05) is 0 Å². The van der Waals surface area contributed by atoms with Crippen LogP contribution in [-0.2, 0) is 0 Å². The molecular weight excluding hydrogens is 284 g/mol. The van der Waals surface area contributed by atoms with E-state index in [2.05, 4.69) is 28.9 Å². The van der Waals surface area contributed by atoms with Crippen LogP contribution >= 0.6 is 11.3 Å². The predicted octanol–water partition coefficient (Wildman–Crippen LogP) is 3.25. The van der Waals surface area contributed by atoms with Crippen molar-refractivity contribution in [2.24, 2.45) is 0 Å². The largest absolute Gasteiger partial charge is 0.334 e. The molecule has 0 saturated heterocycles. The first-order chi connectivity index (χ1) is 10.2. The number of nitrogens with one attached hydrogen (secondary N) is 1. The highest BCUT2D eigenvalue weighted by molar-refractivity contribution is 7.12. The Balaban J connectivity index is 1.86. The number of fused-ring (bicyclic) bond motifs is 1. The summed E-state index contributed by atoms with van der Waals surface area (Å²) in [5.41, 5.74) is 2.83. The molecule has 0 aliphatic rings. The summed E-state index contributed by atoms with van der Waals surface area (Å²) in [6.45, 7) is 4.19. The fraction of sp³-hybridized carbons (Fsp3) is 0.214. The van der Waals surface area contributed by atoms with Crippen molar-refractivity contribution in [3.05, 3.63) is 36.1 Å². The summed E-state index contributed by atoms with van der Waals surface area (Å²) >= 11 is 1.60. The monoisotopic (exact) mass is 298 g/mol. The van der Waals surface area contributed by atoms with Crippen molar-refractivity contribution >= 4 is 22.5 Å². The molecule has 1 N–H and O–H groups in total. The van der Waals surface area contributed by atoms with Gasteiger partial charge in [-0.05, 0) is 26.0 Å². The molecule has 7 heteroatoms. The van der Waals surface area contributed by atoms with Crippen LogP contribution in [0.25, 0.3) is 27.8 Å². The van der Waals surface area contributed by atoms with Crippen LogP contribution in [0.5, 0.6) is 0 Å². The Kier molecular flexibility index (Phi) is 2.68. The SMILES string of the molecule is CC(C)n1ncc2[nH]c(-c3cccn3-c3nccs3)nc21. The number of thiazole rings is 1. The van der Waals surface area contributed by atoms with Crippen molar-refractivity contribution in [3.8, 4) is 16.6 Å². The smallest absolute Gasteiger partial charge is 0.194 e. The summed E-state index contributed by atoms with van der Waals surface area (Å²) in [5, 5.41) is 7.25. The lowest BCUT2D eigenvalue weighted by atomic mass is 10.4. The zero-order valence-corrected chi connectivity index (χ0v) is 12.5. The molecule has 0 amide bonds. The molecule has 0 aliphatic carbocycles. The Labute approximate surface area is 125 Å². The maximum Gasteiger partial charge on any atom is 0.194 e. The first kappa shape index (κ1) is 12.3. The van der Waals surface area contributed by atoms with E-state index >= 15 is 0 Å². The van der Waals surface area contributed by atoms with Gasteiger partial charge in [-0.3, -0.25) is 4.57 Å². The summed E-state index contributed by atoms with van der Waals surface area (Å²) in [5.74, 6) is 0.831. The van der Waals surface area contributed by atoms with Crippen molar-refractivity contribution < 1.29 is 0 Å². The van der Waals surface area contributed by atoms with Gasteiger partial charge in [0.1, 0.15) is 5.52 Å². The Bertz CT molecular complexity index is 880. The van der Waals surface area contributed by atoms with Gasteiger partial charge in [0.25, 0.3) is 0 Å². The van der Waals surface area contributed by atoms with Crippen molar-refractivity contribution in [1.82, 2.24) is 29.3 Å². The average molecular weight is 298 g/mol. The van der Waals surface area contributed by atoms with E-state index in [1.54, 1.807) is 17.5 Å². The fourth-order valence-corrected chi connectivity index (χ4v) is 3.03. The van der Waals surface area contributed by atoms with Crippen molar-refractivity contribution in [1.29, 1.82) is 0 Å². The van der Waals surface area contributed by atoms with Gasteiger partial charge in [0, 0.05) is 23.8 Å². The molecule has 0 spiro atoms. The number of hydrogen-bond donors (Lipinski definition) is 1. The van der Waals surface area contributed by atoms with Gasteiger partial charge in [0.05, 0.1) is 11.9 Å². The van der Waals surface area contributed by atoms with E-state index in [0.717, 1.165) is 27.8 Å². The van der Waals surface area contributed by atoms with Gasteiger partial charge < -0.3 is 4.98 Å². The molecule has 0 aromatic carbocycles. The third-order valence-electron chi connectivity index (χ3n) is 3.35. The van der Waals surface area contributed by atoms with Crippen LogP contribution in [0.3, 0.4) is 0 Å². The summed E-state index contributed by atoms with van der Waals surface area (Å²) in [6.07, 6.45) is 5.62. The molecule has 6 nitrogen and oxygen atoms in total. The van der Waals surface area contributed by atoms with E-state index in [4.69, 9.17) is 4.98 Å². The molecule has 0 saturated carbocycles. The number of aromatic amines is 1. The van der Waals surface area contributed by atoms with Crippen molar-refractivity contribution in [3.63, 3.8) is 0 Å². The van der Waals surface area contributed by atoms with E-state index in [0.29, 0.717) is 0 Å². The Morgan fingerprint density at radius 1 is 1.33 bits per heavy atom. The molecule has 0 atom stereocenters. The standard InChI is InChI=1S/C14H14N6S/c1-9(2)20-13-10(8-16-20)17-12(18-13)11-4-3-6-19(11)14-15-5-7-21-14/h3-9H,1-2H3,(H,17,18). The van der Waals surface area contributed by atoms with Crippen LogP contribution in [-0.4, -0.2) is 29.3 Å². The van der Waals surface area contributed by atoms with Crippen molar-refractivity contribution in [2.45, 2.75) is 19.9 Å². The van der Waals surface area contributed by atoms with Crippen LogP contribution < -0.4 is 0 Å². The number of aromatic nitrogens is 6. The fourth-order valence-electron chi connectivity index (χ4n) is 2.39. The zero-order valence-electron chi connectivity index (χ0n) is 11.7. The van der Waals surface area contributed by atoms with E-state index in [1.807, 2.05) is 39.2 Å². The molecule has 4 rings (SSSR count). The first-order valence-electron chi connectivity index (χ1n) is 6.75. The molecule has 0 fully saturated rings. The van der Waals surface area contributed by atoms with Gasteiger partial charge in [0.15, 0.2) is 16.6 Å². The van der Waals surface area contributed by atoms with E-state index in [1.165, 1.54) is 0 Å². The third kappa shape index (κ3) is 1.89.